The molecule has 32 heavy (non-hydrogen) atoms. The molecule has 11 nitrogen and oxygen atoms in total. The molecule has 0 aliphatic carbocycles. The molecule has 3 rings (SSSR count). The molecular weight excluding hydrogens is 438 g/mol. The predicted octanol–water partition coefficient (Wildman–Crippen LogP) is 0.215. The van der Waals surface area contributed by atoms with Crippen LogP contribution in [0.5, 0.6) is 0 Å². The van der Waals surface area contributed by atoms with Gasteiger partial charge < -0.3 is 35.7 Å². The third kappa shape index (κ3) is 5.59. The van der Waals surface area contributed by atoms with Crippen molar-refractivity contribution in [1.82, 2.24) is 10.3 Å². The SMILES string of the molecule is CC(C)(COCO)O/N=C(\C(=O)N[C@H]1CN(c2ccc(CO)cc2)C1=O)c1csc(N)n1. The Hall–Kier alpha value is -3.06. The first-order chi connectivity index (χ1) is 15.2. The Labute approximate surface area is 188 Å². The molecule has 2 heterocycles. The van der Waals surface area contributed by atoms with Crippen LogP contribution in [-0.4, -0.2) is 64.3 Å². The maximum Gasteiger partial charge on any atom is 0.276 e. The van der Waals surface area contributed by atoms with Crippen molar-refractivity contribution in [2.75, 3.05) is 30.6 Å². The number of amides is 2. The van der Waals surface area contributed by atoms with Crippen LogP contribution in [0.15, 0.2) is 34.8 Å². The first-order valence-corrected chi connectivity index (χ1v) is 10.6. The molecule has 1 aromatic carbocycles. The number of β-lactam (4-membered cyclic amide) rings is 1. The van der Waals surface area contributed by atoms with Gasteiger partial charge in [-0.15, -0.1) is 11.3 Å². The van der Waals surface area contributed by atoms with Crippen molar-refractivity contribution in [3.63, 3.8) is 0 Å². The van der Waals surface area contributed by atoms with E-state index in [1.54, 1.807) is 43.5 Å². The molecule has 2 amide bonds. The Balaban J connectivity index is 1.69. The monoisotopic (exact) mass is 463 g/mol. The van der Waals surface area contributed by atoms with E-state index in [1.807, 2.05) is 0 Å². The van der Waals surface area contributed by atoms with Crippen molar-refractivity contribution < 1.29 is 29.4 Å². The van der Waals surface area contributed by atoms with Crippen LogP contribution in [0.2, 0.25) is 0 Å². The van der Waals surface area contributed by atoms with Crippen molar-refractivity contribution >= 4 is 39.7 Å². The van der Waals surface area contributed by atoms with E-state index in [9.17, 15) is 9.59 Å². The van der Waals surface area contributed by atoms with E-state index in [0.717, 1.165) is 16.9 Å². The van der Waals surface area contributed by atoms with Gasteiger partial charge in [0.2, 0.25) is 0 Å². The summed E-state index contributed by atoms with van der Waals surface area (Å²) < 4.78 is 4.94. The lowest BCUT2D eigenvalue weighted by molar-refractivity contribution is -0.128. The van der Waals surface area contributed by atoms with Crippen molar-refractivity contribution in [2.24, 2.45) is 5.16 Å². The molecule has 0 saturated carbocycles. The zero-order valence-electron chi connectivity index (χ0n) is 17.6. The zero-order chi connectivity index (χ0) is 23.3. The number of thiazole rings is 1. The summed E-state index contributed by atoms with van der Waals surface area (Å²) in [5.74, 6) is -0.910. The number of hydrogen-bond acceptors (Lipinski definition) is 10. The van der Waals surface area contributed by atoms with Gasteiger partial charge in [-0.1, -0.05) is 17.3 Å². The maximum absolute atomic E-state index is 12.9. The third-order valence-corrected chi connectivity index (χ3v) is 5.24. The number of carbonyl (C=O) groups is 2. The highest BCUT2D eigenvalue weighted by molar-refractivity contribution is 7.13. The molecule has 0 spiro atoms. The minimum absolute atomic E-state index is 0.0340. The number of carbonyl (C=O) groups excluding carboxylic acids is 2. The molecule has 0 unspecified atom stereocenters. The lowest BCUT2D eigenvalue weighted by atomic mass is 10.0. The van der Waals surface area contributed by atoms with Gasteiger partial charge >= 0.3 is 0 Å². The fourth-order valence-corrected chi connectivity index (χ4v) is 3.41. The van der Waals surface area contributed by atoms with E-state index in [2.05, 4.69) is 15.5 Å². The molecule has 12 heteroatoms. The van der Waals surface area contributed by atoms with Crippen LogP contribution in [0.4, 0.5) is 10.8 Å². The van der Waals surface area contributed by atoms with Crippen molar-refractivity contribution in [2.45, 2.75) is 32.1 Å². The van der Waals surface area contributed by atoms with Gasteiger partial charge in [0, 0.05) is 11.1 Å². The van der Waals surface area contributed by atoms with Gasteiger partial charge in [-0.2, -0.15) is 0 Å². The Bertz CT molecular complexity index is 991. The normalized spacial score (nSPS) is 16.6. The number of rotatable bonds is 10. The minimum atomic E-state index is -0.931. The summed E-state index contributed by atoms with van der Waals surface area (Å²) in [4.78, 5) is 36.5. The van der Waals surface area contributed by atoms with Crippen LogP contribution >= 0.6 is 11.3 Å². The van der Waals surface area contributed by atoms with Gasteiger partial charge in [0.15, 0.2) is 16.4 Å². The summed E-state index contributed by atoms with van der Waals surface area (Å²) in [6, 6.07) is 6.19. The highest BCUT2D eigenvalue weighted by atomic mass is 32.1. The summed E-state index contributed by atoms with van der Waals surface area (Å²) in [5, 5.41) is 26.4. The Morgan fingerprint density at radius 2 is 2.09 bits per heavy atom. The molecule has 0 bridgehead atoms. The molecule has 1 saturated heterocycles. The Morgan fingerprint density at radius 3 is 2.66 bits per heavy atom. The molecule has 1 aliphatic heterocycles. The quantitative estimate of drug-likeness (QED) is 0.168. The number of aliphatic hydroxyl groups is 2. The topological polar surface area (TPSA) is 160 Å². The molecular formula is C20H25N5O6S. The third-order valence-electron chi connectivity index (χ3n) is 4.57. The second kappa shape index (κ2) is 10.0. The highest BCUT2D eigenvalue weighted by Gasteiger charge is 2.39. The number of nitrogens with one attached hydrogen (secondary N) is 1. The van der Waals surface area contributed by atoms with E-state index in [4.69, 9.17) is 25.5 Å². The summed E-state index contributed by atoms with van der Waals surface area (Å²) in [6.07, 6.45) is 0. The average Bonchev–Trinajstić information content (AvgIpc) is 3.20. The second-order valence-electron chi connectivity index (χ2n) is 7.64. The van der Waals surface area contributed by atoms with Crippen LogP contribution in [0, 0.1) is 0 Å². The fourth-order valence-electron chi connectivity index (χ4n) is 2.86. The lowest BCUT2D eigenvalue weighted by Gasteiger charge is -2.38. The highest BCUT2D eigenvalue weighted by Crippen LogP contribution is 2.23. The largest absolute Gasteiger partial charge is 0.392 e. The lowest BCUT2D eigenvalue weighted by Crippen LogP contribution is -2.65. The van der Waals surface area contributed by atoms with E-state index in [0.29, 0.717) is 5.69 Å². The number of nitrogens with two attached hydrogens (primary N) is 1. The number of anilines is 2. The fraction of sp³-hybridized carbons (Fsp3) is 0.400. The van der Waals surface area contributed by atoms with Crippen LogP contribution in [0.25, 0.3) is 0 Å². The number of aliphatic hydroxyl groups excluding tert-OH is 2. The van der Waals surface area contributed by atoms with Gasteiger partial charge in [0.25, 0.3) is 11.8 Å². The first-order valence-electron chi connectivity index (χ1n) is 9.72. The molecule has 1 aromatic heterocycles. The van der Waals surface area contributed by atoms with Crippen molar-refractivity contribution in [3.05, 3.63) is 40.9 Å². The number of nitrogens with zero attached hydrogens (tertiary/aromatic N) is 3. The van der Waals surface area contributed by atoms with Gasteiger partial charge in [0.05, 0.1) is 19.8 Å². The van der Waals surface area contributed by atoms with Gasteiger partial charge in [0.1, 0.15) is 18.5 Å². The maximum atomic E-state index is 12.9. The average molecular weight is 464 g/mol. The molecule has 1 fully saturated rings. The zero-order valence-corrected chi connectivity index (χ0v) is 18.5. The molecule has 5 N–H and O–H groups in total. The minimum Gasteiger partial charge on any atom is -0.392 e. The Morgan fingerprint density at radius 1 is 1.38 bits per heavy atom. The van der Waals surface area contributed by atoms with Crippen molar-refractivity contribution in [1.29, 1.82) is 0 Å². The summed E-state index contributed by atoms with van der Waals surface area (Å²) in [6.45, 7) is 3.11. The molecule has 172 valence electrons. The number of nitrogen functional groups attached to an aromatic ring is 1. The Kier molecular flexibility index (Phi) is 7.40. The molecule has 0 radical (unpaired) electrons. The van der Waals surface area contributed by atoms with Gasteiger partial charge in [-0.05, 0) is 31.5 Å². The van der Waals surface area contributed by atoms with Crippen LogP contribution in [0.1, 0.15) is 25.1 Å². The summed E-state index contributed by atoms with van der Waals surface area (Å²) in [7, 11) is 0. The summed E-state index contributed by atoms with van der Waals surface area (Å²) >= 11 is 1.14. The van der Waals surface area contributed by atoms with E-state index < -0.39 is 24.3 Å². The van der Waals surface area contributed by atoms with E-state index in [-0.39, 0.29) is 42.2 Å². The predicted molar refractivity (Wildman–Crippen MR) is 118 cm³/mol. The number of hydrogen-bond donors (Lipinski definition) is 4. The second-order valence-corrected chi connectivity index (χ2v) is 8.53. The van der Waals surface area contributed by atoms with Crippen LogP contribution in [0.3, 0.4) is 0 Å². The van der Waals surface area contributed by atoms with E-state index >= 15 is 0 Å². The molecule has 1 aliphatic rings. The van der Waals surface area contributed by atoms with E-state index in [1.165, 1.54) is 4.90 Å². The van der Waals surface area contributed by atoms with Gasteiger partial charge in [-0.25, -0.2) is 4.98 Å². The smallest absolute Gasteiger partial charge is 0.276 e. The number of ether oxygens (including phenoxy) is 1. The number of benzene rings is 1. The first kappa shape index (κ1) is 23.6. The molecule has 1 atom stereocenters. The molecule has 2 aromatic rings. The van der Waals surface area contributed by atoms with Gasteiger partial charge in [-0.3, -0.25) is 9.59 Å². The standard InChI is InChI=1S/C20H25N5O6S/c1-20(2,10-30-11-27)31-24-16(15-9-32-19(21)23-15)17(28)22-14-7-25(18(14)29)13-5-3-12(8-26)4-6-13/h3-6,9,14,26-27H,7-8,10-11H2,1-2H3,(H2,21,23)(H,22,28)/b24-16-/t14-/m0/s1. The number of oxime groups is 1. The van der Waals surface area contributed by atoms with Crippen LogP contribution < -0.4 is 16.0 Å². The van der Waals surface area contributed by atoms with Crippen molar-refractivity contribution in [3.8, 4) is 0 Å². The summed E-state index contributed by atoms with van der Waals surface area (Å²) in [5.41, 5.74) is 6.25. The van der Waals surface area contributed by atoms with Crippen LogP contribution in [-0.2, 0) is 25.8 Å². The number of aromatic nitrogens is 1.